The molecular formula is C21H21N3O5S2. The summed E-state index contributed by atoms with van der Waals surface area (Å²) in [5.74, 6) is 1.04. The highest BCUT2D eigenvalue weighted by Crippen LogP contribution is 2.40. The molecule has 3 aromatic rings. The van der Waals surface area contributed by atoms with Crippen LogP contribution in [0.15, 0.2) is 50.8 Å². The number of fused-ring (bicyclic) bond motifs is 2. The Labute approximate surface area is 183 Å². The van der Waals surface area contributed by atoms with Gasteiger partial charge in [-0.15, -0.1) is 11.3 Å². The van der Waals surface area contributed by atoms with Crippen molar-refractivity contribution < 1.29 is 17.6 Å². The number of thiophene rings is 1. The van der Waals surface area contributed by atoms with Gasteiger partial charge in [-0.2, -0.15) is 0 Å². The Kier molecular flexibility index (Phi) is 4.99. The molecule has 1 N–H and O–H groups in total. The van der Waals surface area contributed by atoms with Crippen molar-refractivity contribution in [2.24, 2.45) is 0 Å². The molecule has 1 saturated heterocycles. The van der Waals surface area contributed by atoms with Gasteiger partial charge in [-0.05, 0) is 17.7 Å². The second-order valence-corrected chi connectivity index (χ2v) is 9.99. The van der Waals surface area contributed by atoms with Crippen LogP contribution in [0.4, 0.5) is 11.6 Å². The number of piperazine rings is 1. The van der Waals surface area contributed by atoms with Crippen LogP contribution < -0.4 is 24.7 Å². The molecule has 162 valence electrons. The van der Waals surface area contributed by atoms with Gasteiger partial charge in [0, 0.05) is 48.6 Å². The van der Waals surface area contributed by atoms with Crippen LogP contribution in [0.2, 0.25) is 0 Å². The van der Waals surface area contributed by atoms with E-state index in [0.29, 0.717) is 27.6 Å². The molecular weight excluding hydrogens is 438 g/mol. The van der Waals surface area contributed by atoms with Crippen LogP contribution in [0.3, 0.4) is 0 Å². The van der Waals surface area contributed by atoms with Crippen LogP contribution in [0, 0.1) is 0 Å². The first-order valence-corrected chi connectivity index (χ1v) is 12.3. The summed E-state index contributed by atoms with van der Waals surface area (Å²) in [7, 11) is -3.66. The number of nitrogens with zero attached hydrogens (tertiary/aromatic N) is 2. The highest BCUT2D eigenvalue weighted by molar-refractivity contribution is 7.95. The highest BCUT2D eigenvalue weighted by Gasteiger charge is 2.27. The number of nitrogens with one attached hydrogen (secondary N) is 1. The number of hydrogen-bond donors (Lipinski definition) is 1. The molecule has 0 radical (unpaired) electrons. The average Bonchev–Trinajstić information content (AvgIpc) is 3.23. The summed E-state index contributed by atoms with van der Waals surface area (Å²) in [5, 5.41) is 6.09. The van der Waals surface area contributed by atoms with Gasteiger partial charge in [0.1, 0.15) is 17.1 Å². The molecule has 0 unspecified atom stereocenters. The Bertz CT molecular complexity index is 1320. The molecule has 31 heavy (non-hydrogen) atoms. The summed E-state index contributed by atoms with van der Waals surface area (Å²) in [4.78, 5) is 14.8. The molecule has 0 spiro atoms. The zero-order chi connectivity index (χ0) is 21.6. The third-order valence-electron chi connectivity index (χ3n) is 5.47. The lowest BCUT2D eigenvalue weighted by Gasteiger charge is -2.29. The van der Waals surface area contributed by atoms with Crippen LogP contribution in [0.1, 0.15) is 0 Å². The molecule has 1 fully saturated rings. The summed E-state index contributed by atoms with van der Waals surface area (Å²) in [6.07, 6.45) is 0. The maximum Gasteiger partial charge on any atom is 0.257 e. The molecule has 5 rings (SSSR count). The molecule has 4 heterocycles. The topological polar surface area (TPSA) is 92.1 Å². The van der Waals surface area contributed by atoms with Gasteiger partial charge in [-0.25, -0.2) is 8.42 Å². The van der Waals surface area contributed by atoms with Crippen molar-refractivity contribution in [3.8, 4) is 16.9 Å². The van der Waals surface area contributed by atoms with Crippen molar-refractivity contribution >= 4 is 43.2 Å². The standard InChI is InChI=1S/C21H21N3O5S2/c1-2-31(26,27)24-9-10-28-18-4-3-14(11-16(18)24)15-13-30-21-17(25)12-19(29-20(15)21)23-7-5-22-6-8-23/h2-4,11-13,22H,1,5-10H2. The molecule has 0 atom stereocenters. The molecule has 0 bridgehead atoms. The van der Waals surface area contributed by atoms with Crippen LogP contribution in [-0.2, 0) is 10.0 Å². The van der Waals surface area contributed by atoms with Crippen LogP contribution in [0.5, 0.6) is 5.75 Å². The molecule has 0 amide bonds. The van der Waals surface area contributed by atoms with Crippen LogP contribution in [-0.4, -0.2) is 47.7 Å². The van der Waals surface area contributed by atoms with E-state index in [1.807, 2.05) is 11.4 Å². The number of ether oxygens (including phenoxy) is 1. The van der Waals surface area contributed by atoms with E-state index >= 15 is 0 Å². The SMILES string of the molecule is C=CS(=O)(=O)N1CCOc2ccc(-c3csc4c(=O)cc(N5CCNCC5)oc34)cc21. The van der Waals surface area contributed by atoms with Crippen LogP contribution in [0.25, 0.3) is 21.4 Å². The highest BCUT2D eigenvalue weighted by atomic mass is 32.2. The largest absolute Gasteiger partial charge is 0.489 e. The van der Waals surface area contributed by atoms with E-state index in [1.54, 1.807) is 18.2 Å². The first kappa shape index (κ1) is 20.1. The normalized spacial score (nSPS) is 16.8. The van der Waals surface area contributed by atoms with Gasteiger partial charge in [-0.1, -0.05) is 12.6 Å². The van der Waals surface area contributed by atoms with Crippen molar-refractivity contribution in [3.63, 3.8) is 0 Å². The van der Waals surface area contributed by atoms with Gasteiger partial charge in [0.25, 0.3) is 10.0 Å². The third-order valence-corrected chi connectivity index (χ3v) is 7.86. The number of anilines is 2. The third kappa shape index (κ3) is 3.50. The first-order valence-electron chi connectivity index (χ1n) is 9.91. The van der Waals surface area contributed by atoms with E-state index in [9.17, 15) is 13.2 Å². The van der Waals surface area contributed by atoms with Gasteiger partial charge >= 0.3 is 0 Å². The minimum absolute atomic E-state index is 0.0804. The summed E-state index contributed by atoms with van der Waals surface area (Å²) >= 11 is 1.32. The first-order chi connectivity index (χ1) is 15.0. The van der Waals surface area contributed by atoms with Crippen molar-refractivity contribution in [3.05, 3.63) is 51.9 Å². The summed E-state index contributed by atoms with van der Waals surface area (Å²) < 4.78 is 38.6. The minimum Gasteiger partial charge on any atom is -0.489 e. The second kappa shape index (κ2) is 7.70. The average molecular weight is 460 g/mol. The van der Waals surface area contributed by atoms with Gasteiger partial charge in [0.2, 0.25) is 5.43 Å². The molecule has 10 heteroatoms. The smallest absolute Gasteiger partial charge is 0.257 e. The predicted molar refractivity (Wildman–Crippen MR) is 123 cm³/mol. The van der Waals surface area contributed by atoms with E-state index in [4.69, 9.17) is 9.15 Å². The molecule has 0 saturated carbocycles. The van der Waals surface area contributed by atoms with E-state index < -0.39 is 10.0 Å². The fraction of sp³-hybridized carbons (Fsp3) is 0.286. The molecule has 1 aromatic carbocycles. The van der Waals surface area contributed by atoms with Gasteiger partial charge in [-0.3, -0.25) is 9.10 Å². The zero-order valence-corrected chi connectivity index (χ0v) is 18.3. The second-order valence-electron chi connectivity index (χ2n) is 7.31. The monoisotopic (exact) mass is 459 g/mol. The Balaban J connectivity index is 1.63. The van der Waals surface area contributed by atoms with Gasteiger partial charge in [0.15, 0.2) is 11.5 Å². The van der Waals surface area contributed by atoms with Crippen molar-refractivity contribution in [1.29, 1.82) is 0 Å². The Morgan fingerprint density at radius 3 is 2.74 bits per heavy atom. The van der Waals surface area contributed by atoms with Gasteiger partial charge in [0.05, 0.1) is 12.2 Å². The fourth-order valence-electron chi connectivity index (χ4n) is 3.89. The van der Waals surface area contributed by atoms with Gasteiger partial charge < -0.3 is 19.4 Å². The van der Waals surface area contributed by atoms with E-state index in [-0.39, 0.29) is 18.6 Å². The van der Waals surface area contributed by atoms with Crippen molar-refractivity contribution in [2.75, 3.05) is 48.5 Å². The van der Waals surface area contributed by atoms with Crippen LogP contribution >= 0.6 is 11.3 Å². The Hall–Kier alpha value is -2.82. The summed E-state index contributed by atoms with van der Waals surface area (Å²) in [5.41, 5.74) is 2.38. The lowest BCUT2D eigenvalue weighted by molar-refractivity contribution is 0.316. The number of hydrogen-bond acceptors (Lipinski definition) is 8. The van der Waals surface area contributed by atoms with Crippen molar-refractivity contribution in [1.82, 2.24) is 5.32 Å². The molecule has 2 aliphatic rings. The summed E-state index contributed by atoms with van der Waals surface area (Å²) in [6, 6.07) is 6.90. The molecule has 2 aromatic heterocycles. The molecule has 2 aliphatic heterocycles. The fourth-order valence-corrected chi connectivity index (χ4v) is 5.72. The number of rotatable bonds is 4. The zero-order valence-electron chi connectivity index (χ0n) is 16.7. The quantitative estimate of drug-likeness (QED) is 0.641. The molecule has 8 nitrogen and oxygen atoms in total. The minimum atomic E-state index is -3.66. The molecule has 0 aliphatic carbocycles. The van der Waals surface area contributed by atoms with Crippen molar-refractivity contribution in [2.45, 2.75) is 0 Å². The predicted octanol–water partition coefficient (Wildman–Crippen LogP) is 2.60. The Morgan fingerprint density at radius 1 is 1.16 bits per heavy atom. The van der Waals surface area contributed by atoms with E-state index in [0.717, 1.165) is 42.7 Å². The Morgan fingerprint density at radius 2 is 1.97 bits per heavy atom. The summed E-state index contributed by atoms with van der Waals surface area (Å²) in [6.45, 7) is 7.09. The van der Waals surface area contributed by atoms with E-state index in [1.165, 1.54) is 15.6 Å². The lowest BCUT2D eigenvalue weighted by Crippen LogP contribution is -2.43. The maximum atomic E-state index is 12.7. The van der Waals surface area contributed by atoms with E-state index in [2.05, 4.69) is 16.8 Å². The number of sulfonamides is 1. The number of benzene rings is 1. The maximum absolute atomic E-state index is 12.7. The lowest BCUT2D eigenvalue weighted by atomic mass is 10.1.